The minimum Gasteiger partial charge on any atom is -0.423 e. The van der Waals surface area contributed by atoms with Gasteiger partial charge in [-0.3, -0.25) is 0 Å². The molecular formula is C20H13BN2O2. The van der Waals surface area contributed by atoms with Crippen LogP contribution in [0.1, 0.15) is 11.1 Å². The molecule has 0 aliphatic carbocycles. The van der Waals surface area contributed by atoms with E-state index in [1.165, 1.54) is 0 Å². The van der Waals surface area contributed by atoms with Crippen LogP contribution in [0.4, 0.5) is 0 Å². The molecule has 0 amide bonds. The predicted molar refractivity (Wildman–Crippen MR) is 96.6 cm³/mol. The molecule has 0 aliphatic heterocycles. The summed E-state index contributed by atoms with van der Waals surface area (Å²) in [6.07, 6.45) is 0. The maximum Gasteiger partial charge on any atom is 0.488 e. The number of rotatable bonds is 3. The minimum atomic E-state index is -1.59. The van der Waals surface area contributed by atoms with E-state index in [9.17, 15) is 10.0 Å². The van der Waals surface area contributed by atoms with Crippen molar-refractivity contribution in [1.82, 2.24) is 0 Å². The standard InChI is InChI=1S/C20H13BN2O2/c22-12-14-1-5-16(6-2-14)18-9-19(11-20(10-18)21(24)25)17-7-3-15(13-23)4-8-17/h1-11,24-25H. The zero-order valence-electron chi connectivity index (χ0n) is 13.2. The van der Waals surface area contributed by atoms with Crippen molar-refractivity contribution in [3.8, 4) is 34.4 Å². The Morgan fingerprint density at radius 2 is 1.00 bits per heavy atom. The number of hydrogen-bond donors (Lipinski definition) is 2. The van der Waals surface area contributed by atoms with E-state index in [2.05, 4.69) is 12.1 Å². The summed E-state index contributed by atoms with van der Waals surface area (Å²) in [4.78, 5) is 0. The van der Waals surface area contributed by atoms with E-state index in [1.54, 1.807) is 36.4 Å². The second-order valence-electron chi connectivity index (χ2n) is 5.60. The molecule has 25 heavy (non-hydrogen) atoms. The van der Waals surface area contributed by atoms with E-state index in [0.29, 0.717) is 16.6 Å². The van der Waals surface area contributed by atoms with Gasteiger partial charge in [0, 0.05) is 0 Å². The Kier molecular flexibility index (Phi) is 4.63. The van der Waals surface area contributed by atoms with E-state index in [0.717, 1.165) is 22.3 Å². The lowest BCUT2D eigenvalue weighted by molar-refractivity contribution is 0.426. The molecule has 0 aliphatic rings. The largest absolute Gasteiger partial charge is 0.488 e. The predicted octanol–water partition coefficient (Wildman–Crippen LogP) is 2.44. The van der Waals surface area contributed by atoms with Gasteiger partial charge >= 0.3 is 7.12 Å². The zero-order valence-corrected chi connectivity index (χ0v) is 13.2. The average Bonchev–Trinajstić information content (AvgIpc) is 2.67. The van der Waals surface area contributed by atoms with Crippen LogP contribution < -0.4 is 5.46 Å². The molecule has 0 saturated heterocycles. The molecule has 3 rings (SSSR count). The van der Waals surface area contributed by atoms with Crippen LogP contribution in [0.15, 0.2) is 66.7 Å². The fourth-order valence-corrected chi connectivity index (χ4v) is 2.61. The van der Waals surface area contributed by atoms with Gasteiger partial charge in [0.05, 0.1) is 23.3 Å². The Hall–Kier alpha value is -3.38. The highest BCUT2D eigenvalue weighted by Crippen LogP contribution is 2.26. The molecule has 3 aromatic carbocycles. The van der Waals surface area contributed by atoms with Crippen LogP contribution in [0.3, 0.4) is 0 Å². The van der Waals surface area contributed by atoms with Gasteiger partial charge in [-0.1, -0.05) is 36.4 Å². The SMILES string of the molecule is N#Cc1ccc(-c2cc(B(O)O)cc(-c3ccc(C#N)cc3)c2)cc1. The Morgan fingerprint density at radius 3 is 1.32 bits per heavy atom. The Morgan fingerprint density at radius 1 is 0.600 bits per heavy atom. The fraction of sp³-hybridized carbons (Fsp3) is 0. The van der Waals surface area contributed by atoms with Gasteiger partial charge in [-0.2, -0.15) is 10.5 Å². The van der Waals surface area contributed by atoms with E-state index in [-0.39, 0.29) is 0 Å². The summed E-state index contributed by atoms with van der Waals surface area (Å²) in [5, 5.41) is 37.0. The molecule has 3 aromatic rings. The van der Waals surface area contributed by atoms with Crippen LogP contribution in [-0.2, 0) is 0 Å². The highest BCUT2D eigenvalue weighted by Gasteiger charge is 2.14. The Balaban J connectivity index is 2.11. The molecule has 0 unspecified atom stereocenters. The summed E-state index contributed by atoms with van der Waals surface area (Å²) in [5.74, 6) is 0. The molecule has 2 N–H and O–H groups in total. The van der Waals surface area contributed by atoms with Gasteiger partial charge in [0.25, 0.3) is 0 Å². The molecule has 4 nitrogen and oxygen atoms in total. The summed E-state index contributed by atoms with van der Waals surface area (Å²) < 4.78 is 0. The molecule has 0 atom stereocenters. The fourth-order valence-electron chi connectivity index (χ4n) is 2.61. The van der Waals surface area contributed by atoms with Crippen LogP contribution in [-0.4, -0.2) is 17.2 Å². The van der Waals surface area contributed by atoms with Crippen molar-refractivity contribution in [3.05, 3.63) is 77.9 Å². The Bertz CT molecular complexity index is 906. The second kappa shape index (κ2) is 7.03. The molecule has 0 heterocycles. The maximum atomic E-state index is 9.60. The molecule has 118 valence electrons. The molecule has 5 heteroatoms. The monoisotopic (exact) mass is 324 g/mol. The van der Waals surface area contributed by atoms with Crippen LogP contribution in [0, 0.1) is 22.7 Å². The maximum absolute atomic E-state index is 9.60. The van der Waals surface area contributed by atoms with Gasteiger partial charge in [-0.05, 0) is 58.0 Å². The number of benzene rings is 3. The highest BCUT2D eigenvalue weighted by atomic mass is 16.4. The first-order valence-electron chi connectivity index (χ1n) is 7.63. The number of nitrogens with zero attached hydrogens (tertiary/aromatic N) is 2. The van der Waals surface area contributed by atoms with Crippen molar-refractivity contribution in [3.63, 3.8) is 0 Å². The molecule has 0 fully saturated rings. The minimum absolute atomic E-state index is 0.376. The normalized spacial score (nSPS) is 9.92. The van der Waals surface area contributed by atoms with Crippen molar-refractivity contribution < 1.29 is 10.0 Å². The van der Waals surface area contributed by atoms with Crippen LogP contribution in [0.2, 0.25) is 0 Å². The molecule has 0 spiro atoms. The van der Waals surface area contributed by atoms with Crippen molar-refractivity contribution >= 4 is 12.6 Å². The molecule has 0 radical (unpaired) electrons. The average molecular weight is 324 g/mol. The van der Waals surface area contributed by atoms with Crippen LogP contribution >= 0.6 is 0 Å². The van der Waals surface area contributed by atoms with E-state index < -0.39 is 7.12 Å². The molecule has 0 bridgehead atoms. The highest BCUT2D eigenvalue weighted by molar-refractivity contribution is 6.58. The number of nitriles is 2. The first kappa shape index (κ1) is 16.5. The van der Waals surface area contributed by atoms with Crippen molar-refractivity contribution in [2.24, 2.45) is 0 Å². The summed E-state index contributed by atoms with van der Waals surface area (Å²) in [6, 6.07) is 23.7. The third-order valence-electron chi connectivity index (χ3n) is 3.95. The van der Waals surface area contributed by atoms with Crippen molar-refractivity contribution in [2.45, 2.75) is 0 Å². The lowest BCUT2D eigenvalue weighted by Crippen LogP contribution is -2.29. The first-order chi connectivity index (χ1) is 12.1. The molecular weight excluding hydrogens is 311 g/mol. The van der Waals surface area contributed by atoms with Crippen LogP contribution in [0.25, 0.3) is 22.3 Å². The van der Waals surface area contributed by atoms with Gasteiger partial charge < -0.3 is 10.0 Å². The summed E-state index contributed by atoms with van der Waals surface area (Å²) in [5.41, 5.74) is 4.88. The summed E-state index contributed by atoms with van der Waals surface area (Å²) >= 11 is 0. The van der Waals surface area contributed by atoms with E-state index >= 15 is 0 Å². The van der Waals surface area contributed by atoms with Gasteiger partial charge in [0.2, 0.25) is 0 Å². The zero-order chi connectivity index (χ0) is 17.8. The topological polar surface area (TPSA) is 88.0 Å². The van der Waals surface area contributed by atoms with E-state index in [1.807, 2.05) is 30.3 Å². The van der Waals surface area contributed by atoms with Crippen molar-refractivity contribution in [1.29, 1.82) is 10.5 Å². The lowest BCUT2D eigenvalue weighted by Gasteiger charge is -2.10. The van der Waals surface area contributed by atoms with Gasteiger partial charge in [0.15, 0.2) is 0 Å². The summed E-state index contributed by atoms with van der Waals surface area (Å²) in [7, 11) is -1.59. The quantitative estimate of drug-likeness (QED) is 0.724. The third-order valence-corrected chi connectivity index (χ3v) is 3.95. The second-order valence-corrected chi connectivity index (χ2v) is 5.60. The summed E-state index contributed by atoms with van der Waals surface area (Å²) in [6.45, 7) is 0. The molecule has 0 aromatic heterocycles. The van der Waals surface area contributed by atoms with Crippen molar-refractivity contribution in [2.75, 3.05) is 0 Å². The smallest absolute Gasteiger partial charge is 0.423 e. The first-order valence-corrected chi connectivity index (χ1v) is 7.63. The molecule has 0 saturated carbocycles. The Labute approximate surface area is 146 Å². The lowest BCUT2D eigenvalue weighted by atomic mass is 9.77. The van der Waals surface area contributed by atoms with Gasteiger partial charge in [-0.15, -0.1) is 0 Å². The van der Waals surface area contributed by atoms with Gasteiger partial charge in [-0.25, -0.2) is 0 Å². The third kappa shape index (κ3) is 3.59. The van der Waals surface area contributed by atoms with Gasteiger partial charge in [0.1, 0.15) is 0 Å². The van der Waals surface area contributed by atoms with Crippen LogP contribution in [0.5, 0.6) is 0 Å². The van der Waals surface area contributed by atoms with E-state index in [4.69, 9.17) is 10.5 Å². The number of hydrogen-bond acceptors (Lipinski definition) is 4.